The van der Waals surface area contributed by atoms with Crippen molar-refractivity contribution in [3.8, 4) is 0 Å². The molecule has 1 aromatic heterocycles. The van der Waals surface area contributed by atoms with Crippen molar-refractivity contribution in [2.24, 2.45) is 7.05 Å². The maximum atomic E-state index is 4.38. The topological polar surface area (TPSA) is 17.8 Å². The number of nitrogens with zero attached hydrogens (tertiary/aromatic N) is 2. The molecule has 0 N–H and O–H groups in total. The molecule has 0 bridgehead atoms. The van der Waals surface area contributed by atoms with E-state index in [0.717, 1.165) is 12.1 Å². The summed E-state index contributed by atoms with van der Waals surface area (Å²) in [4.78, 5) is 0. The smallest absolute Gasteiger partial charge is 0.0682 e. The van der Waals surface area contributed by atoms with Crippen molar-refractivity contribution in [2.75, 3.05) is 0 Å². The molecule has 0 saturated heterocycles. The van der Waals surface area contributed by atoms with Gasteiger partial charge in [0.15, 0.2) is 0 Å². The molecule has 2 aromatic rings. The number of aryl methyl sites for hydroxylation is 3. The molecular formula is C13H20N2. The highest BCUT2D eigenvalue weighted by molar-refractivity contribution is 5.82. The summed E-state index contributed by atoms with van der Waals surface area (Å²) < 4.78 is 1.93. The summed E-state index contributed by atoms with van der Waals surface area (Å²) in [6.07, 6.45) is 1.09. The molecular weight excluding hydrogens is 184 g/mol. The van der Waals surface area contributed by atoms with Gasteiger partial charge in [-0.3, -0.25) is 4.68 Å². The first-order valence-corrected chi connectivity index (χ1v) is 5.64. The molecule has 82 valence electrons. The molecule has 1 heterocycles. The quantitative estimate of drug-likeness (QED) is 0.695. The van der Waals surface area contributed by atoms with E-state index in [-0.39, 0.29) is 0 Å². The van der Waals surface area contributed by atoms with Crippen LogP contribution in [0.15, 0.2) is 18.2 Å². The number of hydrogen-bond donors (Lipinski definition) is 0. The Morgan fingerprint density at radius 1 is 1.27 bits per heavy atom. The first kappa shape index (κ1) is 11.8. The number of rotatable bonds is 1. The largest absolute Gasteiger partial charge is 0.268 e. The molecule has 2 rings (SSSR count). The van der Waals surface area contributed by atoms with Crippen LogP contribution in [0.4, 0.5) is 0 Å². The van der Waals surface area contributed by atoms with Crippen LogP contribution >= 0.6 is 0 Å². The first-order valence-electron chi connectivity index (χ1n) is 5.64. The van der Waals surface area contributed by atoms with Crippen molar-refractivity contribution < 1.29 is 0 Å². The Morgan fingerprint density at radius 2 is 1.93 bits per heavy atom. The fraction of sp³-hybridized carbons (Fsp3) is 0.462. The van der Waals surface area contributed by atoms with Crippen LogP contribution in [-0.2, 0) is 13.5 Å². The van der Waals surface area contributed by atoms with Crippen molar-refractivity contribution in [3.05, 3.63) is 29.5 Å². The second-order valence-corrected chi connectivity index (χ2v) is 3.41. The predicted octanol–water partition coefficient (Wildman–Crippen LogP) is 3.47. The van der Waals surface area contributed by atoms with Gasteiger partial charge in [-0.2, -0.15) is 5.10 Å². The lowest BCUT2D eigenvalue weighted by atomic mass is 10.1. The van der Waals surface area contributed by atoms with Crippen molar-refractivity contribution in [2.45, 2.75) is 34.1 Å². The normalized spacial score (nSPS) is 9.93. The average molecular weight is 204 g/mol. The summed E-state index contributed by atoms with van der Waals surface area (Å²) in [5, 5.41) is 5.66. The minimum atomic E-state index is 1.09. The average Bonchev–Trinajstić information content (AvgIpc) is 2.57. The lowest BCUT2D eigenvalue weighted by molar-refractivity contribution is 0.783. The number of aromatic nitrogens is 2. The molecule has 0 amide bonds. The fourth-order valence-electron chi connectivity index (χ4n) is 1.71. The van der Waals surface area contributed by atoms with Gasteiger partial charge in [0.1, 0.15) is 0 Å². The van der Waals surface area contributed by atoms with Crippen LogP contribution in [0.2, 0.25) is 0 Å². The Hall–Kier alpha value is -1.31. The Balaban J connectivity index is 0.000000531. The van der Waals surface area contributed by atoms with Gasteiger partial charge < -0.3 is 0 Å². The van der Waals surface area contributed by atoms with E-state index < -0.39 is 0 Å². The molecule has 0 saturated carbocycles. The van der Waals surface area contributed by atoms with Gasteiger partial charge in [-0.05, 0) is 31.0 Å². The minimum Gasteiger partial charge on any atom is -0.268 e. The first-order chi connectivity index (χ1) is 7.22. The third-order valence-corrected chi connectivity index (χ3v) is 2.51. The van der Waals surface area contributed by atoms with E-state index >= 15 is 0 Å². The highest BCUT2D eigenvalue weighted by atomic mass is 15.3. The molecule has 2 nitrogen and oxygen atoms in total. The van der Waals surface area contributed by atoms with Gasteiger partial charge in [0, 0.05) is 12.4 Å². The van der Waals surface area contributed by atoms with Gasteiger partial charge in [-0.1, -0.05) is 26.8 Å². The third-order valence-electron chi connectivity index (χ3n) is 2.51. The summed E-state index contributed by atoms with van der Waals surface area (Å²) in [5.41, 5.74) is 3.71. The Bertz CT molecular complexity index is 441. The summed E-state index contributed by atoms with van der Waals surface area (Å²) in [6, 6.07) is 6.55. The Kier molecular flexibility index (Phi) is 3.89. The molecule has 1 aromatic carbocycles. The predicted molar refractivity (Wildman–Crippen MR) is 66.2 cm³/mol. The lowest BCUT2D eigenvalue weighted by Gasteiger charge is -1.97. The van der Waals surface area contributed by atoms with Crippen LogP contribution in [0.3, 0.4) is 0 Å². The molecule has 2 heteroatoms. The second kappa shape index (κ2) is 4.96. The Morgan fingerprint density at radius 3 is 2.53 bits per heavy atom. The van der Waals surface area contributed by atoms with Crippen LogP contribution < -0.4 is 0 Å². The maximum Gasteiger partial charge on any atom is 0.0682 e. The van der Waals surface area contributed by atoms with Crippen molar-refractivity contribution in [3.63, 3.8) is 0 Å². The zero-order chi connectivity index (χ0) is 11.4. The molecule has 0 spiro atoms. The van der Waals surface area contributed by atoms with E-state index in [1.54, 1.807) is 0 Å². The molecule has 0 aliphatic rings. The van der Waals surface area contributed by atoms with Gasteiger partial charge in [0.2, 0.25) is 0 Å². The van der Waals surface area contributed by atoms with E-state index in [4.69, 9.17) is 0 Å². The highest BCUT2D eigenvalue weighted by Gasteiger charge is 2.03. The molecule has 0 aliphatic heterocycles. The molecule has 0 aliphatic carbocycles. The summed E-state index contributed by atoms with van der Waals surface area (Å²) in [6.45, 7) is 8.23. The van der Waals surface area contributed by atoms with Crippen LogP contribution in [0.1, 0.15) is 32.0 Å². The number of hydrogen-bond acceptors (Lipinski definition) is 1. The van der Waals surface area contributed by atoms with Crippen LogP contribution in [0.5, 0.6) is 0 Å². The van der Waals surface area contributed by atoms with Gasteiger partial charge in [0.25, 0.3) is 0 Å². The molecule has 0 unspecified atom stereocenters. The zero-order valence-corrected chi connectivity index (χ0v) is 10.3. The molecule has 0 fully saturated rings. The van der Waals surface area contributed by atoms with Crippen LogP contribution in [0, 0.1) is 6.92 Å². The third kappa shape index (κ3) is 2.20. The van der Waals surface area contributed by atoms with Gasteiger partial charge in [-0.15, -0.1) is 0 Å². The lowest BCUT2D eigenvalue weighted by Crippen LogP contribution is -1.89. The minimum absolute atomic E-state index is 1.09. The van der Waals surface area contributed by atoms with Crippen molar-refractivity contribution in [1.29, 1.82) is 0 Å². The molecule has 15 heavy (non-hydrogen) atoms. The van der Waals surface area contributed by atoms with Crippen LogP contribution in [-0.4, -0.2) is 9.78 Å². The molecule has 0 radical (unpaired) electrons. The summed E-state index contributed by atoms with van der Waals surface area (Å²) in [5.74, 6) is 0. The van der Waals surface area contributed by atoms with E-state index in [1.807, 2.05) is 25.6 Å². The van der Waals surface area contributed by atoms with Crippen LogP contribution in [0.25, 0.3) is 10.9 Å². The summed E-state index contributed by atoms with van der Waals surface area (Å²) >= 11 is 0. The Labute approximate surface area is 91.9 Å². The van der Waals surface area contributed by atoms with Crippen molar-refractivity contribution in [1.82, 2.24) is 9.78 Å². The summed E-state index contributed by atoms with van der Waals surface area (Å²) in [7, 11) is 1.99. The van der Waals surface area contributed by atoms with E-state index in [1.165, 1.54) is 16.5 Å². The standard InChI is InChI=1S/C11H14N2.C2H6/c1-4-9-5-6-11-10(7-9)8(2)12-13(11)3;1-2/h5-7H,4H2,1-3H3;1-2H3. The molecule has 0 atom stereocenters. The SMILES string of the molecule is CC.CCc1ccc2c(c1)c(C)nn2C. The van der Waals surface area contributed by atoms with Crippen molar-refractivity contribution >= 4 is 10.9 Å². The maximum absolute atomic E-state index is 4.38. The zero-order valence-electron chi connectivity index (χ0n) is 10.3. The number of fused-ring (bicyclic) bond motifs is 1. The number of benzene rings is 1. The van der Waals surface area contributed by atoms with E-state index in [9.17, 15) is 0 Å². The second-order valence-electron chi connectivity index (χ2n) is 3.41. The van der Waals surface area contributed by atoms with Gasteiger partial charge in [0.05, 0.1) is 11.2 Å². The van der Waals surface area contributed by atoms with Gasteiger partial charge in [-0.25, -0.2) is 0 Å². The highest BCUT2D eigenvalue weighted by Crippen LogP contribution is 2.18. The van der Waals surface area contributed by atoms with Gasteiger partial charge >= 0.3 is 0 Å². The monoisotopic (exact) mass is 204 g/mol. The van der Waals surface area contributed by atoms with E-state index in [0.29, 0.717) is 0 Å². The van der Waals surface area contributed by atoms with E-state index in [2.05, 4.69) is 37.1 Å². The fourth-order valence-corrected chi connectivity index (χ4v) is 1.71.